The first-order chi connectivity index (χ1) is 7.56. The molecule has 0 aromatic carbocycles. The van der Waals surface area contributed by atoms with E-state index in [0.29, 0.717) is 5.69 Å². The number of carbonyl (C=O) groups is 1. The maximum Gasteiger partial charge on any atom is 0.309 e. The van der Waals surface area contributed by atoms with Gasteiger partial charge >= 0.3 is 5.97 Å². The Balaban J connectivity index is 2.35. The predicted molar refractivity (Wildman–Crippen MR) is 65.6 cm³/mol. The van der Waals surface area contributed by atoms with Crippen molar-refractivity contribution in [2.24, 2.45) is 7.05 Å². The van der Waals surface area contributed by atoms with Crippen molar-refractivity contribution >= 4 is 33.2 Å². The average Bonchev–Trinajstić information content (AvgIpc) is 2.72. The van der Waals surface area contributed by atoms with Gasteiger partial charge < -0.3 is 5.11 Å². The fraction of sp³-hybridized carbons (Fsp3) is 0.200. The molecule has 0 unspecified atom stereocenters. The number of carboxylic acids is 1. The summed E-state index contributed by atoms with van der Waals surface area (Å²) in [5.41, 5.74) is 1.52. The van der Waals surface area contributed by atoms with Crippen molar-refractivity contribution in [3.05, 3.63) is 27.7 Å². The molecule has 0 bridgehead atoms. The molecule has 0 aliphatic heterocycles. The van der Waals surface area contributed by atoms with Crippen molar-refractivity contribution in [3.63, 3.8) is 0 Å². The van der Waals surface area contributed by atoms with E-state index in [1.54, 1.807) is 16.0 Å². The molecule has 2 rings (SSSR count). The first-order valence-corrected chi connectivity index (χ1v) is 6.17. The summed E-state index contributed by atoms with van der Waals surface area (Å²) < 4.78 is 2.75. The van der Waals surface area contributed by atoms with Crippen LogP contribution in [0, 0.1) is 0 Å². The first kappa shape index (κ1) is 11.3. The lowest BCUT2D eigenvalue weighted by Gasteiger charge is -1.95. The topological polar surface area (TPSA) is 55.1 Å². The van der Waals surface area contributed by atoms with E-state index in [9.17, 15) is 4.79 Å². The van der Waals surface area contributed by atoms with Gasteiger partial charge in [0.1, 0.15) is 0 Å². The molecule has 0 saturated carbocycles. The lowest BCUT2D eigenvalue weighted by Crippen LogP contribution is -2.01. The molecular weight excluding hydrogens is 292 g/mol. The lowest BCUT2D eigenvalue weighted by molar-refractivity contribution is -0.136. The Morgan fingerprint density at radius 2 is 2.38 bits per heavy atom. The number of aryl methyl sites for hydroxylation is 1. The molecule has 0 amide bonds. The molecule has 1 N–H and O–H groups in total. The minimum absolute atomic E-state index is 0.0413. The van der Waals surface area contributed by atoms with Crippen LogP contribution in [-0.4, -0.2) is 20.9 Å². The highest BCUT2D eigenvalue weighted by Crippen LogP contribution is 2.31. The number of aromatic nitrogens is 2. The van der Waals surface area contributed by atoms with Crippen LogP contribution in [0.5, 0.6) is 0 Å². The van der Waals surface area contributed by atoms with Crippen LogP contribution in [-0.2, 0) is 18.3 Å². The number of nitrogens with zero attached hydrogens (tertiary/aromatic N) is 2. The minimum Gasteiger partial charge on any atom is -0.481 e. The highest BCUT2D eigenvalue weighted by Gasteiger charge is 2.11. The Labute approximate surface area is 105 Å². The van der Waals surface area contributed by atoms with Gasteiger partial charge in [0.05, 0.1) is 26.5 Å². The summed E-state index contributed by atoms with van der Waals surface area (Å²) in [6, 6.07) is 5.76. The maximum absolute atomic E-state index is 10.6. The normalized spacial score (nSPS) is 10.6. The predicted octanol–water partition coefficient (Wildman–Crippen LogP) is 2.54. The van der Waals surface area contributed by atoms with Gasteiger partial charge in [0.15, 0.2) is 0 Å². The van der Waals surface area contributed by atoms with Crippen LogP contribution >= 0.6 is 27.3 Å². The minimum atomic E-state index is -0.864. The van der Waals surface area contributed by atoms with Crippen LogP contribution in [0.15, 0.2) is 22.0 Å². The number of thiophene rings is 1. The van der Waals surface area contributed by atoms with Gasteiger partial charge in [-0.25, -0.2) is 0 Å². The second-order valence-electron chi connectivity index (χ2n) is 3.32. The van der Waals surface area contributed by atoms with Gasteiger partial charge in [-0.1, -0.05) is 0 Å². The van der Waals surface area contributed by atoms with E-state index >= 15 is 0 Å². The molecule has 0 atom stereocenters. The molecule has 0 saturated heterocycles. The Morgan fingerprint density at radius 1 is 1.62 bits per heavy atom. The smallest absolute Gasteiger partial charge is 0.309 e. The Morgan fingerprint density at radius 3 is 2.94 bits per heavy atom. The molecular formula is C10H9BrN2O2S. The van der Waals surface area contributed by atoms with Crippen LogP contribution in [0.25, 0.3) is 10.6 Å². The van der Waals surface area contributed by atoms with Crippen LogP contribution < -0.4 is 0 Å². The van der Waals surface area contributed by atoms with Crippen LogP contribution in [0.4, 0.5) is 0 Å². The molecule has 2 aromatic heterocycles. The average molecular weight is 301 g/mol. The summed E-state index contributed by atoms with van der Waals surface area (Å²) in [5, 5.41) is 12.9. The van der Waals surface area contributed by atoms with Crippen LogP contribution in [0.1, 0.15) is 5.69 Å². The summed E-state index contributed by atoms with van der Waals surface area (Å²) in [6.07, 6.45) is -0.0413. The van der Waals surface area contributed by atoms with E-state index in [4.69, 9.17) is 5.11 Å². The third kappa shape index (κ3) is 2.33. The first-order valence-electron chi connectivity index (χ1n) is 4.56. The third-order valence-electron chi connectivity index (χ3n) is 2.09. The lowest BCUT2D eigenvalue weighted by atomic mass is 10.2. The Kier molecular flexibility index (Phi) is 3.11. The summed E-state index contributed by atoms with van der Waals surface area (Å²) in [4.78, 5) is 11.6. The van der Waals surface area contributed by atoms with E-state index in [1.807, 2.05) is 25.2 Å². The zero-order chi connectivity index (χ0) is 11.7. The van der Waals surface area contributed by atoms with E-state index < -0.39 is 5.97 Å². The largest absolute Gasteiger partial charge is 0.481 e. The zero-order valence-electron chi connectivity index (χ0n) is 8.48. The Hall–Kier alpha value is -1.14. The molecule has 84 valence electrons. The van der Waals surface area contributed by atoms with Crippen LogP contribution in [0.3, 0.4) is 0 Å². The van der Waals surface area contributed by atoms with Gasteiger partial charge in [-0.3, -0.25) is 9.48 Å². The molecule has 4 nitrogen and oxygen atoms in total. The Bertz CT molecular complexity index is 533. The van der Waals surface area contributed by atoms with E-state index in [-0.39, 0.29) is 6.42 Å². The number of halogens is 1. The fourth-order valence-electron chi connectivity index (χ4n) is 1.45. The second kappa shape index (κ2) is 4.39. The SMILES string of the molecule is Cn1nc(CC(=O)O)cc1-c1ccc(Br)s1. The van der Waals surface area contributed by atoms with Gasteiger partial charge in [-0.15, -0.1) is 11.3 Å². The van der Waals surface area contributed by atoms with Gasteiger partial charge in [0.25, 0.3) is 0 Å². The molecule has 6 heteroatoms. The van der Waals surface area contributed by atoms with Crippen LogP contribution in [0.2, 0.25) is 0 Å². The number of carboxylic acid groups (broad SMARTS) is 1. The van der Waals surface area contributed by atoms with Crippen molar-refractivity contribution in [1.82, 2.24) is 9.78 Å². The van der Waals surface area contributed by atoms with E-state index in [2.05, 4.69) is 21.0 Å². The van der Waals surface area contributed by atoms with Crippen molar-refractivity contribution in [2.75, 3.05) is 0 Å². The van der Waals surface area contributed by atoms with Crippen molar-refractivity contribution in [3.8, 4) is 10.6 Å². The summed E-state index contributed by atoms with van der Waals surface area (Å²) in [6.45, 7) is 0. The highest BCUT2D eigenvalue weighted by molar-refractivity contribution is 9.11. The standard InChI is InChI=1S/C10H9BrN2O2S/c1-13-7(8-2-3-9(11)16-8)4-6(12-13)5-10(14)15/h2-4H,5H2,1H3,(H,14,15). The summed E-state index contributed by atoms with van der Waals surface area (Å²) >= 11 is 4.99. The van der Waals surface area contributed by atoms with Gasteiger partial charge in [-0.05, 0) is 34.1 Å². The van der Waals surface area contributed by atoms with Crippen molar-refractivity contribution in [2.45, 2.75) is 6.42 Å². The fourth-order valence-corrected chi connectivity index (χ4v) is 2.88. The van der Waals surface area contributed by atoms with Crippen molar-refractivity contribution in [1.29, 1.82) is 0 Å². The molecule has 0 spiro atoms. The monoisotopic (exact) mass is 300 g/mol. The number of aliphatic carboxylic acids is 1. The van der Waals surface area contributed by atoms with Crippen molar-refractivity contribution < 1.29 is 9.90 Å². The molecule has 0 aliphatic rings. The van der Waals surface area contributed by atoms with E-state index in [0.717, 1.165) is 14.4 Å². The maximum atomic E-state index is 10.6. The number of hydrogen-bond acceptors (Lipinski definition) is 3. The second-order valence-corrected chi connectivity index (χ2v) is 5.78. The van der Waals surface area contributed by atoms with E-state index in [1.165, 1.54) is 0 Å². The third-order valence-corrected chi connectivity index (χ3v) is 3.73. The summed E-state index contributed by atoms with van der Waals surface area (Å²) in [5.74, 6) is -0.864. The molecule has 0 radical (unpaired) electrons. The zero-order valence-corrected chi connectivity index (χ0v) is 10.9. The molecule has 16 heavy (non-hydrogen) atoms. The van der Waals surface area contributed by atoms with Gasteiger partial charge in [-0.2, -0.15) is 5.10 Å². The quantitative estimate of drug-likeness (QED) is 0.948. The molecule has 0 aliphatic carbocycles. The molecule has 2 aromatic rings. The number of hydrogen-bond donors (Lipinski definition) is 1. The van der Waals surface area contributed by atoms with Gasteiger partial charge in [0, 0.05) is 7.05 Å². The molecule has 0 fully saturated rings. The highest BCUT2D eigenvalue weighted by atomic mass is 79.9. The molecule has 2 heterocycles. The number of rotatable bonds is 3. The summed E-state index contributed by atoms with van der Waals surface area (Å²) in [7, 11) is 1.81. The van der Waals surface area contributed by atoms with Gasteiger partial charge in [0.2, 0.25) is 0 Å².